The number of thioether (sulfide) groups is 1. The third-order valence-electron chi connectivity index (χ3n) is 2.70. The number of hydrazine groups is 1. The summed E-state index contributed by atoms with van der Waals surface area (Å²) in [6, 6.07) is 15.0. The molecule has 1 atom stereocenters. The lowest BCUT2D eigenvalue weighted by molar-refractivity contribution is -0.120. The molecule has 0 aliphatic heterocycles. The molecule has 0 bridgehead atoms. The van der Waals surface area contributed by atoms with Gasteiger partial charge in [-0.05, 0) is 23.8 Å². The van der Waals surface area contributed by atoms with Crippen LogP contribution in [-0.2, 0) is 4.79 Å². The topological polar surface area (TPSA) is 81.1 Å². The van der Waals surface area contributed by atoms with Gasteiger partial charge in [-0.25, -0.2) is 5.84 Å². The summed E-state index contributed by atoms with van der Waals surface area (Å²) in [5, 5.41) is -0.440. The zero-order valence-corrected chi connectivity index (χ0v) is 12.9. The van der Waals surface area contributed by atoms with E-state index in [9.17, 15) is 4.79 Å². The van der Waals surface area contributed by atoms with Crippen LogP contribution in [-0.4, -0.2) is 5.91 Å². The summed E-state index contributed by atoms with van der Waals surface area (Å²) in [4.78, 5) is 12.8. The van der Waals surface area contributed by atoms with Crippen LogP contribution in [0.2, 0.25) is 0 Å². The maximum atomic E-state index is 12.0. The van der Waals surface area contributed by atoms with Gasteiger partial charge in [0, 0.05) is 15.1 Å². The lowest BCUT2D eigenvalue weighted by Crippen LogP contribution is -2.33. The van der Waals surface area contributed by atoms with Crippen LogP contribution in [0.1, 0.15) is 10.8 Å². The highest BCUT2D eigenvalue weighted by atomic mass is 79.9. The van der Waals surface area contributed by atoms with Crippen molar-refractivity contribution in [3.63, 3.8) is 0 Å². The van der Waals surface area contributed by atoms with Crippen LogP contribution >= 0.6 is 27.7 Å². The van der Waals surface area contributed by atoms with Gasteiger partial charge in [0.1, 0.15) is 5.25 Å². The molecule has 0 spiro atoms. The number of amides is 1. The SMILES string of the molecule is NNC(=O)C(Sc1ccc(Br)cc1N)c1ccccc1. The maximum absolute atomic E-state index is 12.0. The molecule has 0 radical (unpaired) electrons. The molecule has 104 valence electrons. The molecule has 2 aromatic carbocycles. The van der Waals surface area contributed by atoms with Crippen LogP contribution in [0.25, 0.3) is 0 Å². The van der Waals surface area contributed by atoms with Crippen LogP contribution in [0.15, 0.2) is 57.9 Å². The van der Waals surface area contributed by atoms with Crippen molar-refractivity contribution in [1.29, 1.82) is 0 Å². The fraction of sp³-hybridized carbons (Fsp3) is 0.0714. The third-order valence-corrected chi connectivity index (χ3v) is 4.54. The van der Waals surface area contributed by atoms with Gasteiger partial charge >= 0.3 is 0 Å². The number of anilines is 1. The number of halogens is 1. The van der Waals surface area contributed by atoms with Crippen molar-refractivity contribution in [1.82, 2.24) is 5.43 Å². The van der Waals surface area contributed by atoms with Crippen molar-refractivity contribution < 1.29 is 4.79 Å². The van der Waals surface area contributed by atoms with E-state index >= 15 is 0 Å². The monoisotopic (exact) mass is 351 g/mol. The molecule has 0 saturated carbocycles. The smallest absolute Gasteiger partial charge is 0.251 e. The summed E-state index contributed by atoms with van der Waals surface area (Å²) < 4.78 is 0.902. The molecular formula is C14H14BrN3OS. The molecule has 0 aromatic heterocycles. The summed E-state index contributed by atoms with van der Waals surface area (Å²) in [5.41, 5.74) is 9.68. The minimum atomic E-state index is -0.440. The second-order valence-corrected chi connectivity index (χ2v) is 6.16. The number of nitrogen functional groups attached to an aromatic ring is 1. The standard InChI is InChI=1S/C14H14BrN3OS/c15-10-6-7-12(11(16)8-10)20-13(14(19)18-17)9-4-2-1-3-5-9/h1-8,13H,16-17H2,(H,18,19). The average Bonchev–Trinajstić information content (AvgIpc) is 2.46. The van der Waals surface area contributed by atoms with Crippen molar-refractivity contribution in [3.8, 4) is 0 Å². The zero-order valence-electron chi connectivity index (χ0n) is 10.5. The first-order valence-electron chi connectivity index (χ1n) is 5.89. The largest absolute Gasteiger partial charge is 0.398 e. The molecular weight excluding hydrogens is 338 g/mol. The highest BCUT2D eigenvalue weighted by Gasteiger charge is 2.22. The van der Waals surface area contributed by atoms with E-state index in [1.165, 1.54) is 11.8 Å². The normalized spacial score (nSPS) is 11.9. The van der Waals surface area contributed by atoms with Crippen LogP contribution in [0, 0.1) is 0 Å². The maximum Gasteiger partial charge on any atom is 0.251 e. The zero-order chi connectivity index (χ0) is 14.5. The number of benzene rings is 2. The summed E-state index contributed by atoms with van der Waals surface area (Å²) in [6.45, 7) is 0. The molecule has 5 N–H and O–H groups in total. The Morgan fingerprint density at radius 3 is 2.50 bits per heavy atom. The third kappa shape index (κ3) is 3.53. The molecule has 0 saturated heterocycles. The van der Waals surface area contributed by atoms with E-state index in [0.717, 1.165) is 14.9 Å². The van der Waals surface area contributed by atoms with E-state index < -0.39 is 5.25 Å². The van der Waals surface area contributed by atoms with Gasteiger partial charge in [-0.2, -0.15) is 0 Å². The highest BCUT2D eigenvalue weighted by Crippen LogP contribution is 2.38. The molecule has 1 unspecified atom stereocenters. The van der Waals surface area contributed by atoms with Crippen molar-refractivity contribution >= 4 is 39.3 Å². The molecule has 1 amide bonds. The summed E-state index contributed by atoms with van der Waals surface area (Å²) in [5.74, 6) is 5.01. The van der Waals surface area contributed by atoms with Gasteiger partial charge in [0.15, 0.2) is 0 Å². The van der Waals surface area contributed by atoms with Crippen molar-refractivity contribution in [3.05, 3.63) is 58.6 Å². The lowest BCUT2D eigenvalue weighted by atomic mass is 10.1. The molecule has 2 rings (SSSR count). The van der Waals surface area contributed by atoms with Gasteiger partial charge in [-0.3, -0.25) is 10.2 Å². The first kappa shape index (κ1) is 14.9. The van der Waals surface area contributed by atoms with Gasteiger partial charge < -0.3 is 5.73 Å². The van der Waals surface area contributed by atoms with E-state index in [0.29, 0.717) is 5.69 Å². The number of nitrogens with one attached hydrogen (secondary N) is 1. The Morgan fingerprint density at radius 1 is 1.20 bits per heavy atom. The van der Waals surface area contributed by atoms with Crippen LogP contribution < -0.4 is 17.0 Å². The van der Waals surface area contributed by atoms with E-state index in [4.69, 9.17) is 11.6 Å². The van der Waals surface area contributed by atoms with E-state index in [1.54, 1.807) is 0 Å². The van der Waals surface area contributed by atoms with Crippen LogP contribution in [0.4, 0.5) is 5.69 Å². The summed E-state index contributed by atoms with van der Waals surface area (Å²) in [6.07, 6.45) is 0. The Bertz CT molecular complexity index is 607. The Balaban J connectivity index is 2.31. The minimum Gasteiger partial charge on any atom is -0.398 e. The van der Waals surface area contributed by atoms with Gasteiger partial charge in [0.2, 0.25) is 0 Å². The summed E-state index contributed by atoms with van der Waals surface area (Å²) >= 11 is 4.73. The Kier molecular flexibility index (Phi) is 5.05. The first-order valence-corrected chi connectivity index (χ1v) is 7.56. The molecule has 20 heavy (non-hydrogen) atoms. The van der Waals surface area contributed by atoms with E-state index in [1.807, 2.05) is 48.5 Å². The molecule has 0 aliphatic rings. The van der Waals surface area contributed by atoms with Gasteiger partial charge in [0.25, 0.3) is 5.91 Å². The molecule has 4 nitrogen and oxygen atoms in total. The molecule has 0 fully saturated rings. The van der Waals surface area contributed by atoms with Crippen LogP contribution in [0.3, 0.4) is 0 Å². The highest BCUT2D eigenvalue weighted by molar-refractivity contribution is 9.10. The summed E-state index contributed by atoms with van der Waals surface area (Å²) in [7, 11) is 0. The number of carbonyl (C=O) groups is 1. The Morgan fingerprint density at radius 2 is 1.90 bits per heavy atom. The first-order chi connectivity index (χ1) is 9.61. The number of rotatable bonds is 4. The van der Waals surface area contributed by atoms with Gasteiger partial charge in [-0.1, -0.05) is 46.3 Å². The molecule has 2 aromatic rings. The second-order valence-electron chi connectivity index (χ2n) is 4.10. The predicted molar refractivity (Wildman–Crippen MR) is 85.9 cm³/mol. The fourth-order valence-electron chi connectivity index (χ4n) is 1.73. The minimum absolute atomic E-state index is 0.261. The number of hydrogen-bond donors (Lipinski definition) is 3. The Labute approximate surface area is 130 Å². The number of hydrogen-bond acceptors (Lipinski definition) is 4. The van der Waals surface area contributed by atoms with Crippen molar-refractivity contribution in [2.24, 2.45) is 5.84 Å². The van der Waals surface area contributed by atoms with Gasteiger partial charge in [-0.15, -0.1) is 11.8 Å². The predicted octanol–water partition coefficient (Wildman–Crippen LogP) is 2.85. The lowest BCUT2D eigenvalue weighted by Gasteiger charge is -2.16. The van der Waals surface area contributed by atoms with E-state index in [-0.39, 0.29) is 5.91 Å². The fourth-order valence-corrected chi connectivity index (χ4v) is 3.17. The van der Waals surface area contributed by atoms with E-state index in [2.05, 4.69) is 21.4 Å². The van der Waals surface area contributed by atoms with Gasteiger partial charge in [0.05, 0.1) is 0 Å². The molecule has 6 heteroatoms. The molecule has 0 heterocycles. The second kappa shape index (κ2) is 6.78. The molecule has 0 aliphatic carbocycles. The van der Waals surface area contributed by atoms with Crippen LogP contribution in [0.5, 0.6) is 0 Å². The quantitative estimate of drug-likeness (QED) is 0.260. The number of carbonyl (C=O) groups excluding carboxylic acids is 1. The van der Waals surface area contributed by atoms with Crippen molar-refractivity contribution in [2.75, 3.05) is 5.73 Å². The van der Waals surface area contributed by atoms with Crippen molar-refractivity contribution in [2.45, 2.75) is 10.1 Å². The number of nitrogens with two attached hydrogens (primary N) is 2. The average molecular weight is 352 g/mol. The Hall–Kier alpha value is -1.50.